The molecule has 0 fully saturated rings. The minimum atomic E-state index is -1.09. The summed E-state index contributed by atoms with van der Waals surface area (Å²) in [5.74, 6) is -1.56. The fourth-order valence-electron chi connectivity index (χ4n) is 4.20. The molecule has 2 aromatic carbocycles. The quantitative estimate of drug-likeness (QED) is 0.554. The number of rotatable bonds is 8. The van der Waals surface area contributed by atoms with Crippen molar-refractivity contribution in [2.75, 3.05) is 6.61 Å². The lowest BCUT2D eigenvalue weighted by Crippen LogP contribution is -2.50. The van der Waals surface area contributed by atoms with Gasteiger partial charge < -0.3 is 20.5 Å². The molecule has 2 aromatic rings. The van der Waals surface area contributed by atoms with Crippen molar-refractivity contribution in [3.8, 4) is 11.1 Å². The topological polar surface area (TPSA) is 105 Å². The van der Waals surface area contributed by atoms with Gasteiger partial charge >= 0.3 is 12.1 Å². The summed E-state index contributed by atoms with van der Waals surface area (Å²) in [6, 6.07) is 14.7. The van der Waals surface area contributed by atoms with Gasteiger partial charge in [0.05, 0.1) is 0 Å². The van der Waals surface area contributed by atoms with Gasteiger partial charge in [0, 0.05) is 18.4 Å². The number of hydrogen-bond donors (Lipinski definition) is 3. The molecule has 176 valence electrons. The van der Waals surface area contributed by atoms with Crippen LogP contribution < -0.4 is 10.6 Å². The lowest BCUT2D eigenvalue weighted by Gasteiger charge is -2.28. The summed E-state index contributed by atoms with van der Waals surface area (Å²) in [4.78, 5) is 36.4. The highest BCUT2D eigenvalue weighted by Gasteiger charge is 2.33. The van der Waals surface area contributed by atoms with Gasteiger partial charge in [-0.1, -0.05) is 76.2 Å². The molecular formula is C26H32N2O5. The summed E-state index contributed by atoms with van der Waals surface area (Å²) in [7, 11) is 0. The maximum Gasteiger partial charge on any atom is 0.407 e. The van der Waals surface area contributed by atoms with Crippen molar-refractivity contribution in [3.63, 3.8) is 0 Å². The van der Waals surface area contributed by atoms with Crippen LogP contribution in [-0.2, 0) is 14.3 Å². The van der Waals surface area contributed by atoms with Crippen molar-refractivity contribution in [2.24, 2.45) is 5.41 Å². The van der Waals surface area contributed by atoms with Gasteiger partial charge in [0.1, 0.15) is 12.6 Å². The molecule has 7 heteroatoms. The van der Waals surface area contributed by atoms with E-state index < -0.39 is 35.5 Å². The molecule has 0 radical (unpaired) electrons. The molecule has 3 N–H and O–H groups in total. The number of amides is 2. The number of carbonyl (C=O) groups is 3. The van der Waals surface area contributed by atoms with Crippen LogP contribution in [0.4, 0.5) is 4.79 Å². The Balaban J connectivity index is 1.58. The van der Waals surface area contributed by atoms with Crippen molar-refractivity contribution in [1.29, 1.82) is 0 Å². The Morgan fingerprint density at radius 3 is 2.00 bits per heavy atom. The molecule has 0 aromatic heterocycles. The number of ether oxygens (including phenoxy) is 1. The monoisotopic (exact) mass is 452 g/mol. The van der Waals surface area contributed by atoms with Gasteiger partial charge in [-0.2, -0.15) is 0 Å². The van der Waals surface area contributed by atoms with Crippen LogP contribution in [0.25, 0.3) is 11.1 Å². The molecular weight excluding hydrogens is 420 g/mol. The van der Waals surface area contributed by atoms with E-state index >= 15 is 0 Å². The number of carboxylic acid groups (broad SMARTS) is 1. The standard InChI is InChI=1S/C26H32N2O5/c1-5-16(14-22(29)28-23(24(30)31)26(2,3)4)27-25(32)33-15-21-19-12-8-6-10-17(19)18-11-7-9-13-20(18)21/h6-13,16,21,23H,5,14-15H2,1-4H3,(H,27,32)(H,28,29)(H,30,31)/t16-,23+/m0/s1. The van der Waals surface area contributed by atoms with E-state index in [1.54, 1.807) is 20.8 Å². The molecule has 1 aliphatic carbocycles. The number of carboxylic acids is 1. The Morgan fingerprint density at radius 2 is 1.52 bits per heavy atom. The van der Waals surface area contributed by atoms with E-state index in [1.807, 2.05) is 31.2 Å². The molecule has 3 rings (SSSR count). The lowest BCUT2D eigenvalue weighted by atomic mass is 9.86. The predicted molar refractivity (Wildman–Crippen MR) is 126 cm³/mol. The zero-order chi connectivity index (χ0) is 24.2. The average Bonchev–Trinajstić information content (AvgIpc) is 3.08. The third-order valence-electron chi connectivity index (χ3n) is 6.01. The van der Waals surface area contributed by atoms with Crippen LogP contribution >= 0.6 is 0 Å². The summed E-state index contributed by atoms with van der Waals surface area (Å²) in [6.07, 6.45) is -0.118. The molecule has 7 nitrogen and oxygen atoms in total. The third kappa shape index (κ3) is 5.72. The highest BCUT2D eigenvalue weighted by atomic mass is 16.5. The smallest absolute Gasteiger partial charge is 0.407 e. The van der Waals surface area contributed by atoms with E-state index in [1.165, 1.54) is 0 Å². The van der Waals surface area contributed by atoms with Crippen molar-refractivity contribution in [3.05, 3.63) is 59.7 Å². The van der Waals surface area contributed by atoms with E-state index in [0.717, 1.165) is 22.3 Å². The zero-order valence-electron chi connectivity index (χ0n) is 19.6. The Labute approximate surface area is 194 Å². The number of aliphatic carboxylic acids is 1. The Bertz CT molecular complexity index is 982. The van der Waals surface area contributed by atoms with E-state index in [0.29, 0.717) is 6.42 Å². The largest absolute Gasteiger partial charge is 0.480 e. The number of hydrogen-bond acceptors (Lipinski definition) is 4. The minimum Gasteiger partial charge on any atom is -0.480 e. The SMILES string of the molecule is CC[C@@H](CC(=O)N[C@H](C(=O)O)C(C)(C)C)NC(=O)OCC1c2ccccc2-c2ccccc21. The Morgan fingerprint density at radius 1 is 0.970 bits per heavy atom. The number of nitrogens with one attached hydrogen (secondary N) is 2. The number of carbonyl (C=O) groups excluding carboxylic acids is 2. The first-order valence-electron chi connectivity index (χ1n) is 11.3. The second-order valence-electron chi connectivity index (χ2n) is 9.48. The molecule has 2 atom stereocenters. The fourth-order valence-corrected chi connectivity index (χ4v) is 4.20. The predicted octanol–water partition coefficient (Wildman–Crippen LogP) is 4.31. The molecule has 2 amide bonds. The van der Waals surface area contributed by atoms with Gasteiger partial charge in [-0.25, -0.2) is 9.59 Å². The summed E-state index contributed by atoms with van der Waals surface area (Å²) in [5, 5.41) is 14.7. The van der Waals surface area contributed by atoms with Crippen LogP contribution in [0, 0.1) is 5.41 Å². The van der Waals surface area contributed by atoms with Crippen LogP contribution in [0.15, 0.2) is 48.5 Å². The average molecular weight is 453 g/mol. The molecule has 0 saturated heterocycles. The number of alkyl carbamates (subject to hydrolysis) is 1. The number of fused-ring (bicyclic) bond motifs is 3. The van der Waals surface area contributed by atoms with Crippen molar-refractivity contribution in [1.82, 2.24) is 10.6 Å². The van der Waals surface area contributed by atoms with Crippen LogP contribution in [-0.4, -0.2) is 41.8 Å². The molecule has 0 aliphatic heterocycles. The van der Waals surface area contributed by atoms with Gasteiger partial charge in [0.2, 0.25) is 5.91 Å². The summed E-state index contributed by atoms with van der Waals surface area (Å²) < 4.78 is 5.55. The third-order valence-corrected chi connectivity index (χ3v) is 6.01. The van der Waals surface area contributed by atoms with Gasteiger partial charge in [-0.3, -0.25) is 4.79 Å². The molecule has 0 bridgehead atoms. The van der Waals surface area contributed by atoms with Crippen LogP contribution in [0.3, 0.4) is 0 Å². The summed E-state index contributed by atoms with van der Waals surface area (Å²) >= 11 is 0. The van der Waals surface area contributed by atoms with Gasteiger partial charge in [0.25, 0.3) is 0 Å². The van der Waals surface area contributed by atoms with Crippen molar-refractivity contribution in [2.45, 2.75) is 58.5 Å². The summed E-state index contributed by atoms with van der Waals surface area (Å²) in [6.45, 7) is 7.28. The first kappa shape index (κ1) is 24.3. The molecule has 33 heavy (non-hydrogen) atoms. The van der Waals surface area contributed by atoms with E-state index in [4.69, 9.17) is 4.74 Å². The normalized spacial score (nSPS) is 14.5. The fraction of sp³-hybridized carbons (Fsp3) is 0.423. The van der Waals surface area contributed by atoms with Crippen molar-refractivity contribution < 1.29 is 24.2 Å². The second-order valence-corrected chi connectivity index (χ2v) is 9.48. The number of benzene rings is 2. The second kappa shape index (κ2) is 10.1. The van der Waals surface area contributed by atoms with Gasteiger partial charge in [-0.05, 0) is 34.1 Å². The van der Waals surface area contributed by atoms with E-state index in [-0.39, 0.29) is 18.9 Å². The van der Waals surface area contributed by atoms with Crippen LogP contribution in [0.5, 0.6) is 0 Å². The Kier molecular flexibility index (Phi) is 7.41. The molecule has 0 unspecified atom stereocenters. The van der Waals surface area contributed by atoms with Crippen LogP contribution in [0.1, 0.15) is 57.6 Å². The van der Waals surface area contributed by atoms with Gasteiger partial charge in [0.15, 0.2) is 0 Å². The first-order chi connectivity index (χ1) is 15.6. The summed E-state index contributed by atoms with van der Waals surface area (Å²) in [5.41, 5.74) is 3.91. The van der Waals surface area contributed by atoms with Crippen LogP contribution in [0.2, 0.25) is 0 Å². The maximum atomic E-state index is 12.5. The molecule has 0 saturated carbocycles. The molecule has 0 spiro atoms. The molecule has 1 aliphatic rings. The van der Waals surface area contributed by atoms with Crippen molar-refractivity contribution >= 4 is 18.0 Å². The highest BCUT2D eigenvalue weighted by Crippen LogP contribution is 2.44. The molecule has 0 heterocycles. The first-order valence-corrected chi connectivity index (χ1v) is 11.3. The van der Waals surface area contributed by atoms with Gasteiger partial charge in [-0.15, -0.1) is 0 Å². The highest BCUT2D eigenvalue weighted by molar-refractivity contribution is 5.85. The Hall–Kier alpha value is -3.35. The lowest BCUT2D eigenvalue weighted by molar-refractivity contribution is -0.145. The van der Waals surface area contributed by atoms with E-state index in [2.05, 4.69) is 34.9 Å². The zero-order valence-corrected chi connectivity index (χ0v) is 19.6. The van der Waals surface area contributed by atoms with E-state index in [9.17, 15) is 19.5 Å². The maximum absolute atomic E-state index is 12.5. The minimum absolute atomic E-state index is 0.0272.